The van der Waals surface area contributed by atoms with Crippen LogP contribution < -0.4 is 0 Å². The second kappa shape index (κ2) is 6.65. The Morgan fingerprint density at radius 2 is 1.70 bits per heavy atom. The Labute approximate surface area is 132 Å². The van der Waals surface area contributed by atoms with Crippen LogP contribution in [-0.4, -0.2) is 33.1 Å². The largest absolute Gasteiger partial charge is 0.454 e. The molecular weight excluding hydrogens is 294 g/mol. The van der Waals surface area contributed by atoms with E-state index in [1.807, 2.05) is 6.07 Å². The molecule has 23 heavy (non-hydrogen) atoms. The number of rotatable bonds is 5. The van der Waals surface area contributed by atoms with Crippen molar-refractivity contribution in [1.29, 1.82) is 0 Å². The first kappa shape index (κ1) is 14.6. The summed E-state index contributed by atoms with van der Waals surface area (Å²) in [5.74, 6) is -0.780. The third-order valence-electron chi connectivity index (χ3n) is 3.22. The zero-order chi connectivity index (χ0) is 16.1. The summed E-state index contributed by atoms with van der Waals surface area (Å²) in [7, 11) is 0. The van der Waals surface area contributed by atoms with Crippen LogP contribution in [-0.2, 0) is 4.74 Å². The molecule has 3 rings (SSSR count). The first-order chi connectivity index (χ1) is 11.2. The molecule has 0 spiro atoms. The summed E-state index contributed by atoms with van der Waals surface area (Å²) < 4.78 is 6.63. The Hall–Kier alpha value is -3.28. The fourth-order valence-corrected chi connectivity index (χ4v) is 2.01. The molecule has 3 aromatic rings. The molecule has 0 N–H and O–H groups in total. The molecular formula is C17H13N3O3. The molecule has 0 unspecified atom stereocenters. The molecule has 114 valence electrons. The summed E-state index contributed by atoms with van der Waals surface area (Å²) in [6, 6.07) is 15.4. The van der Waals surface area contributed by atoms with Crippen LogP contribution in [0.2, 0.25) is 0 Å². The van der Waals surface area contributed by atoms with Crippen molar-refractivity contribution in [2.45, 2.75) is 0 Å². The Morgan fingerprint density at radius 1 is 0.957 bits per heavy atom. The van der Waals surface area contributed by atoms with Crippen molar-refractivity contribution in [2.75, 3.05) is 6.61 Å². The van der Waals surface area contributed by atoms with Gasteiger partial charge in [-0.05, 0) is 24.3 Å². The van der Waals surface area contributed by atoms with E-state index in [0.29, 0.717) is 11.1 Å². The van der Waals surface area contributed by atoms with Crippen LogP contribution in [0.25, 0.3) is 5.69 Å². The molecule has 1 heterocycles. The third kappa shape index (κ3) is 3.49. The van der Waals surface area contributed by atoms with E-state index in [1.165, 1.54) is 6.33 Å². The minimum absolute atomic E-state index is 0.238. The molecule has 6 nitrogen and oxygen atoms in total. The minimum Gasteiger partial charge on any atom is -0.454 e. The van der Waals surface area contributed by atoms with E-state index in [9.17, 15) is 9.59 Å². The number of ether oxygens (including phenoxy) is 1. The monoisotopic (exact) mass is 307 g/mol. The van der Waals surface area contributed by atoms with E-state index >= 15 is 0 Å². The van der Waals surface area contributed by atoms with Crippen molar-refractivity contribution >= 4 is 11.8 Å². The molecule has 0 saturated heterocycles. The number of Topliss-reactive ketones (excluding diaryl/α,β-unsaturated/α-hetero) is 1. The van der Waals surface area contributed by atoms with Gasteiger partial charge < -0.3 is 4.74 Å². The summed E-state index contributed by atoms with van der Waals surface area (Å²) in [5.41, 5.74) is 1.66. The second-order valence-corrected chi connectivity index (χ2v) is 4.75. The van der Waals surface area contributed by atoms with Crippen LogP contribution >= 0.6 is 0 Å². The summed E-state index contributed by atoms with van der Waals surface area (Å²) >= 11 is 0. The lowest BCUT2D eigenvalue weighted by molar-refractivity contribution is 0.0475. The Morgan fingerprint density at radius 3 is 2.35 bits per heavy atom. The van der Waals surface area contributed by atoms with Crippen LogP contribution in [0, 0.1) is 0 Å². The van der Waals surface area contributed by atoms with Crippen LogP contribution in [0.3, 0.4) is 0 Å². The van der Waals surface area contributed by atoms with Crippen LogP contribution in [0.1, 0.15) is 20.7 Å². The number of carbonyl (C=O) groups is 2. The molecule has 6 heteroatoms. The van der Waals surface area contributed by atoms with Gasteiger partial charge in [-0.25, -0.2) is 14.5 Å². The van der Waals surface area contributed by atoms with E-state index in [4.69, 9.17) is 4.74 Å². The van der Waals surface area contributed by atoms with Crippen LogP contribution in [0.4, 0.5) is 0 Å². The Balaban J connectivity index is 1.61. The van der Waals surface area contributed by atoms with Crippen molar-refractivity contribution in [3.8, 4) is 5.69 Å². The normalized spacial score (nSPS) is 10.3. The first-order valence-electron chi connectivity index (χ1n) is 6.94. The number of aromatic nitrogens is 3. The summed E-state index contributed by atoms with van der Waals surface area (Å²) in [6.07, 6.45) is 2.99. The van der Waals surface area contributed by atoms with E-state index in [1.54, 1.807) is 59.5 Å². The lowest BCUT2D eigenvalue weighted by atomic mass is 10.1. The van der Waals surface area contributed by atoms with Gasteiger partial charge in [-0.3, -0.25) is 4.79 Å². The maximum absolute atomic E-state index is 12.0. The van der Waals surface area contributed by atoms with Crippen molar-refractivity contribution in [2.24, 2.45) is 0 Å². The van der Waals surface area contributed by atoms with Crippen molar-refractivity contribution in [3.05, 3.63) is 78.4 Å². The topological polar surface area (TPSA) is 74.1 Å². The Bertz CT molecular complexity index is 797. The van der Waals surface area contributed by atoms with E-state index in [2.05, 4.69) is 10.1 Å². The molecule has 0 amide bonds. The number of ketones is 1. The molecule has 0 aliphatic rings. The van der Waals surface area contributed by atoms with Crippen LogP contribution in [0.5, 0.6) is 0 Å². The molecule has 0 aliphatic carbocycles. The van der Waals surface area contributed by atoms with Gasteiger partial charge >= 0.3 is 5.97 Å². The molecule has 0 bridgehead atoms. The van der Waals surface area contributed by atoms with Gasteiger partial charge in [0.1, 0.15) is 12.7 Å². The molecule has 1 aromatic heterocycles. The Kier molecular flexibility index (Phi) is 4.24. The zero-order valence-corrected chi connectivity index (χ0v) is 12.1. The zero-order valence-electron chi connectivity index (χ0n) is 12.1. The van der Waals surface area contributed by atoms with E-state index < -0.39 is 5.97 Å². The van der Waals surface area contributed by atoms with Gasteiger partial charge in [0.2, 0.25) is 0 Å². The quantitative estimate of drug-likeness (QED) is 0.534. The standard InChI is InChI=1S/C17H13N3O3/c21-16(13-4-2-1-3-5-13)10-23-17(22)14-6-8-15(9-7-14)20-12-18-11-19-20/h1-9,11-12H,10H2. The van der Waals surface area contributed by atoms with E-state index in [-0.39, 0.29) is 12.4 Å². The lowest BCUT2D eigenvalue weighted by Gasteiger charge is -2.05. The maximum atomic E-state index is 12.0. The predicted octanol–water partition coefficient (Wildman–Crippen LogP) is 2.31. The molecule has 0 atom stereocenters. The van der Waals surface area contributed by atoms with Gasteiger partial charge in [-0.15, -0.1) is 0 Å². The van der Waals surface area contributed by atoms with Crippen molar-refractivity contribution in [1.82, 2.24) is 14.8 Å². The molecule has 0 saturated carbocycles. The highest BCUT2D eigenvalue weighted by molar-refractivity contribution is 5.99. The number of esters is 1. The fraction of sp³-hybridized carbons (Fsp3) is 0.0588. The molecule has 0 fully saturated rings. The van der Waals surface area contributed by atoms with Gasteiger partial charge in [0.25, 0.3) is 0 Å². The first-order valence-corrected chi connectivity index (χ1v) is 6.94. The number of nitrogens with zero attached hydrogens (tertiary/aromatic N) is 3. The van der Waals surface area contributed by atoms with Crippen LogP contribution in [0.15, 0.2) is 67.3 Å². The average Bonchev–Trinajstić information content (AvgIpc) is 3.15. The SMILES string of the molecule is O=C(COC(=O)c1ccc(-n2cncn2)cc1)c1ccccc1. The summed E-state index contributed by atoms with van der Waals surface area (Å²) in [4.78, 5) is 27.7. The number of benzene rings is 2. The summed E-state index contributed by atoms with van der Waals surface area (Å²) in [5, 5.41) is 4.00. The van der Waals surface area contributed by atoms with Gasteiger partial charge in [0, 0.05) is 5.56 Å². The van der Waals surface area contributed by atoms with Crippen molar-refractivity contribution in [3.63, 3.8) is 0 Å². The number of hydrogen-bond donors (Lipinski definition) is 0. The van der Waals surface area contributed by atoms with Crippen molar-refractivity contribution < 1.29 is 14.3 Å². The van der Waals surface area contributed by atoms with E-state index in [0.717, 1.165) is 5.69 Å². The second-order valence-electron chi connectivity index (χ2n) is 4.75. The van der Waals surface area contributed by atoms with Gasteiger partial charge in [-0.1, -0.05) is 30.3 Å². The molecule has 2 aromatic carbocycles. The molecule has 0 aliphatic heterocycles. The predicted molar refractivity (Wildman–Crippen MR) is 82.4 cm³/mol. The highest BCUT2D eigenvalue weighted by atomic mass is 16.5. The summed E-state index contributed by atoms with van der Waals surface area (Å²) in [6.45, 7) is -0.284. The highest BCUT2D eigenvalue weighted by Crippen LogP contribution is 2.09. The smallest absolute Gasteiger partial charge is 0.338 e. The lowest BCUT2D eigenvalue weighted by Crippen LogP contribution is -2.14. The fourth-order valence-electron chi connectivity index (χ4n) is 2.01. The molecule has 0 radical (unpaired) electrons. The van der Waals surface area contributed by atoms with Gasteiger partial charge in [-0.2, -0.15) is 5.10 Å². The minimum atomic E-state index is -0.542. The van der Waals surface area contributed by atoms with Gasteiger partial charge in [0.15, 0.2) is 12.4 Å². The number of carbonyl (C=O) groups excluding carboxylic acids is 2. The average molecular weight is 307 g/mol. The maximum Gasteiger partial charge on any atom is 0.338 e. The third-order valence-corrected chi connectivity index (χ3v) is 3.22. The number of hydrogen-bond acceptors (Lipinski definition) is 5. The highest BCUT2D eigenvalue weighted by Gasteiger charge is 2.11. The van der Waals surface area contributed by atoms with Gasteiger partial charge in [0.05, 0.1) is 11.3 Å².